The predicted molar refractivity (Wildman–Crippen MR) is 118 cm³/mol. The zero-order chi connectivity index (χ0) is 22.2. The molecule has 1 aliphatic rings. The Morgan fingerprint density at radius 3 is 2.39 bits per heavy atom. The minimum absolute atomic E-state index is 0.0640. The van der Waals surface area contributed by atoms with Gasteiger partial charge in [-0.2, -0.15) is 13.2 Å². The quantitative estimate of drug-likeness (QED) is 0.507. The zero-order valence-corrected chi connectivity index (χ0v) is 17.5. The third-order valence-corrected chi connectivity index (χ3v) is 5.18. The van der Waals surface area contributed by atoms with Gasteiger partial charge in [0.1, 0.15) is 12.5 Å². The Bertz CT molecular complexity index is 1130. The van der Waals surface area contributed by atoms with Crippen LogP contribution in [0.5, 0.6) is 0 Å². The van der Waals surface area contributed by atoms with Crippen LogP contribution in [0.15, 0.2) is 65.8 Å². The number of benzene rings is 2. The lowest BCUT2D eigenvalue weighted by atomic mass is 9.87. The van der Waals surface area contributed by atoms with E-state index in [1.807, 2.05) is 12.1 Å². The number of hydrogen-bond donors (Lipinski definition) is 2. The fraction of sp³-hybridized carbons (Fsp3) is 0.250. The second kappa shape index (κ2) is 7.72. The highest BCUT2D eigenvalue weighted by molar-refractivity contribution is 6.13. The van der Waals surface area contributed by atoms with Crippen molar-refractivity contribution in [3.05, 3.63) is 77.5 Å². The predicted octanol–water partition coefficient (Wildman–Crippen LogP) is 6.31. The molecule has 0 fully saturated rings. The maximum absolute atomic E-state index is 13.4. The molecule has 0 saturated carbocycles. The number of anilines is 2. The summed E-state index contributed by atoms with van der Waals surface area (Å²) in [4.78, 5) is 8.48. The third kappa shape index (κ3) is 4.40. The first-order valence-corrected chi connectivity index (χ1v) is 9.96. The van der Waals surface area contributed by atoms with Crippen LogP contribution in [0.4, 0.5) is 24.5 Å². The summed E-state index contributed by atoms with van der Waals surface area (Å²) in [5.74, 6) is 0.667. The van der Waals surface area contributed by atoms with Crippen molar-refractivity contribution >= 4 is 17.2 Å². The van der Waals surface area contributed by atoms with E-state index < -0.39 is 11.7 Å². The zero-order valence-electron chi connectivity index (χ0n) is 17.5. The van der Waals surface area contributed by atoms with E-state index in [0.29, 0.717) is 23.8 Å². The maximum Gasteiger partial charge on any atom is 0.418 e. The van der Waals surface area contributed by atoms with Gasteiger partial charge in [0.2, 0.25) is 0 Å². The molecule has 4 rings (SSSR count). The van der Waals surface area contributed by atoms with Crippen LogP contribution < -0.4 is 10.6 Å². The lowest BCUT2D eigenvalue weighted by molar-refractivity contribution is -0.137. The molecule has 0 radical (unpaired) electrons. The number of hydrogen-bond acceptors (Lipinski definition) is 4. The van der Waals surface area contributed by atoms with Crippen LogP contribution in [-0.2, 0) is 11.6 Å². The fourth-order valence-corrected chi connectivity index (χ4v) is 3.49. The first kappa shape index (κ1) is 20.9. The third-order valence-electron chi connectivity index (χ3n) is 5.18. The monoisotopic (exact) mass is 424 g/mol. The van der Waals surface area contributed by atoms with Crippen molar-refractivity contribution in [2.45, 2.75) is 32.4 Å². The van der Waals surface area contributed by atoms with E-state index >= 15 is 0 Å². The van der Waals surface area contributed by atoms with Gasteiger partial charge in [-0.25, -0.2) is 4.99 Å². The number of nitrogens with one attached hydrogen (secondary N) is 2. The molecule has 0 saturated heterocycles. The molecule has 1 aliphatic heterocycles. The van der Waals surface area contributed by atoms with Gasteiger partial charge in [-0.1, -0.05) is 39.0 Å². The van der Waals surface area contributed by atoms with E-state index in [-0.39, 0.29) is 11.1 Å². The van der Waals surface area contributed by atoms with Crippen molar-refractivity contribution in [1.82, 2.24) is 4.98 Å². The number of aliphatic imine (C=N–C) groups is 1. The number of nitrogens with zero attached hydrogens (tertiary/aromatic N) is 2. The highest BCUT2D eigenvalue weighted by Crippen LogP contribution is 2.37. The highest BCUT2D eigenvalue weighted by atomic mass is 19.4. The van der Waals surface area contributed by atoms with Crippen LogP contribution in [-0.4, -0.2) is 17.5 Å². The summed E-state index contributed by atoms with van der Waals surface area (Å²) in [6.45, 7) is 6.80. The molecule has 31 heavy (non-hydrogen) atoms. The average Bonchev–Trinajstić information content (AvgIpc) is 2.73. The Labute approximate surface area is 179 Å². The van der Waals surface area contributed by atoms with Crippen LogP contribution in [0.2, 0.25) is 0 Å². The lowest BCUT2D eigenvalue weighted by Gasteiger charge is -2.22. The Hall–Kier alpha value is -3.35. The summed E-state index contributed by atoms with van der Waals surface area (Å²) in [5, 5.41) is 6.46. The normalized spacial score (nSPS) is 13.8. The van der Waals surface area contributed by atoms with Crippen molar-refractivity contribution in [3.8, 4) is 11.3 Å². The number of aromatic nitrogens is 1. The van der Waals surface area contributed by atoms with Crippen LogP contribution in [0.25, 0.3) is 11.3 Å². The minimum atomic E-state index is -4.47. The molecule has 0 unspecified atom stereocenters. The second-order valence-electron chi connectivity index (χ2n) is 8.45. The van der Waals surface area contributed by atoms with Crippen LogP contribution in [0.1, 0.15) is 37.5 Å². The van der Waals surface area contributed by atoms with E-state index in [0.717, 1.165) is 17.3 Å². The summed E-state index contributed by atoms with van der Waals surface area (Å²) in [5.41, 5.74) is 3.24. The van der Waals surface area contributed by atoms with E-state index in [1.165, 1.54) is 17.8 Å². The van der Waals surface area contributed by atoms with Crippen molar-refractivity contribution in [2.75, 3.05) is 17.3 Å². The second-order valence-corrected chi connectivity index (χ2v) is 8.45. The molecule has 2 aromatic carbocycles. The molecule has 4 nitrogen and oxygen atoms in total. The first-order valence-electron chi connectivity index (χ1n) is 9.96. The number of halogens is 3. The van der Waals surface area contributed by atoms with Crippen molar-refractivity contribution in [1.29, 1.82) is 0 Å². The topological polar surface area (TPSA) is 49.3 Å². The maximum atomic E-state index is 13.4. The smallest absolute Gasteiger partial charge is 0.366 e. The highest BCUT2D eigenvalue weighted by Gasteiger charge is 2.34. The van der Waals surface area contributed by atoms with Gasteiger partial charge in [-0.05, 0) is 47.4 Å². The number of alkyl halides is 3. The SMILES string of the molecule is CC(C)(C)c1ccc(NC2=NCNc3cc(-c4ncccc4C(F)(F)F)ccc32)cc1. The molecule has 0 atom stereocenters. The molecular weight excluding hydrogens is 401 g/mol. The molecule has 0 spiro atoms. The van der Waals surface area contributed by atoms with Crippen molar-refractivity contribution in [2.24, 2.45) is 4.99 Å². The Morgan fingerprint density at radius 2 is 1.71 bits per heavy atom. The molecule has 2 N–H and O–H groups in total. The molecular formula is C24H23F3N4. The first-order chi connectivity index (χ1) is 14.6. The summed E-state index contributed by atoms with van der Waals surface area (Å²) >= 11 is 0. The summed E-state index contributed by atoms with van der Waals surface area (Å²) < 4.78 is 40.2. The van der Waals surface area contributed by atoms with E-state index in [4.69, 9.17) is 0 Å². The Morgan fingerprint density at radius 1 is 0.968 bits per heavy atom. The molecule has 2 heterocycles. The number of rotatable bonds is 2. The fourth-order valence-electron chi connectivity index (χ4n) is 3.49. The molecule has 0 bridgehead atoms. The average molecular weight is 424 g/mol. The van der Waals surface area contributed by atoms with Gasteiger partial charge in [-0.3, -0.25) is 4.98 Å². The van der Waals surface area contributed by atoms with E-state index in [2.05, 4.69) is 53.5 Å². The van der Waals surface area contributed by atoms with Gasteiger partial charge in [0.15, 0.2) is 0 Å². The largest absolute Gasteiger partial charge is 0.418 e. The molecule has 1 aromatic heterocycles. The van der Waals surface area contributed by atoms with Crippen LogP contribution >= 0.6 is 0 Å². The molecule has 0 aliphatic carbocycles. The van der Waals surface area contributed by atoms with E-state index in [1.54, 1.807) is 18.2 Å². The van der Waals surface area contributed by atoms with Gasteiger partial charge in [0, 0.05) is 28.7 Å². The van der Waals surface area contributed by atoms with Gasteiger partial charge in [0.05, 0.1) is 11.3 Å². The molecule has 7 heteroatoms. The standard InChI is InChI=1S/C24H23F3N4/c1-23(2,3)16-7-9-17(10-8-16)31-22-18-11-6-15(13-20(18)29-14-30-22)21-19(24(25,26)27)5-4-12-28-21/h4-13,29H,14H2,1-3H3,(H,30,31). The van der Waals surface area contributed by atoms with Crippen molar-refractivity contribution < 1.29 is 13.2 Å². The summed E-state index contributed by atoms with van der Waals surface area (Å²) in [7, 11) is 0. The number of fused-ring (bicyclic) bond motifs is 1. The Balaban J connectivity index is 1.63. The summed E-state index contributed by atoms with van der Waals surface area (Å²) in [6.07, 6.45) is -3.10. The lowest BCUT2D eigenvalue weighted by Crippen LogP contribution is -2.22. The molecule has 0 amide bonds. The number of pyridine rings is 1. The van der Waals surface area contributed by atoms with Gasteiger partial charge in [0.25, 0.3) is 0 Å². The number of amidine groups is 1. The molecule has 3 aromatic rings. The van der Waals surface area contributed by atoms with Crippen LogP contribution in [0.3, 0.4) is 0 Å². The van der Waals surface area contributed by atoms with Crippen LogP contribution in [0, 0.1) is 0 Å². The van der Waals surface area contributed by atoms with Gasteiger partial charge in [-0.15, -0.1) is 0 Å². The Kier molecular flexibility index (Phi) is 5.21. The minimum Gasteiger partial charge on any atom is -0.366 e. The molecule has 160 valence electrons. The van der Waals surface area contributed by atoms with Crippen molar-refractivity contribution in [3.63, 3.8) is 0 Å². The van der Waals surface area contributed by atoms with Gasteiger partial charge >= 0.3 is 6.18 Å². The van der Waals surface area contributed by atoms with Gasteiger partial charge < -0.3 is 10.6 Å². The van der Waals surface area contributed by atoms with E-state index in [9.17, 15) is 13.2 Å². The summed E-state index contributed by atoms with van der Waals surface area (Å²) in [6, 6.07) is 15.6.